The fourth-order valence-electron chi connectivity index (χ4n) is 6.27. The lowest BCUT2D eigenvalue weighted by molar-refractivity contribution is -0.137. The Morgan fingerprint density at radius 2 is 1.75 bits per heavy atom. The molecule has 2 aromatic carbocycles. The topological polar surface area (TPSA) is 169 Å². The van der Waals surface area contributed by atoms with Gasteiger partial charge in [-0.05, 0) is 49.7 Å². The molecule has 3 aromatic heterocycles. The number of carbonyl (C=O) groups excluding carboxylic acids is 2. The first-order valence-corrected chi connectivity index (χ1v) is 16.9. The SMILES string of the molecule is CCc1c(N2CCN(C(=O)c3ncnc(C)c3O)CC2)c(=O)n2nc(-c3ccc4c(c3)OCCO4)nc2n1CC(=O)Nc1ccc(C(F)(F)F)cc1Cl. The molecule has 19 heteroatoms. The van der Waals surface area contributed by atoms with Gasteiger partial charge >= 0.3 is 6.18 Å². The first-order chi connectivity index (χ1) is 25.3. The minimum atomic E-state index is -4.63. The molecule has 0 atom stereocenters. The number of amides is 2. The van der Waals surface area contributed by atoms with E-state index in [9.17, 15) is 32.7 Å². The van der Waals surface area contributed by atoms with Gasteiger partial charge < -0.3 is 34.3 Å². The number of benzene rings is 2. The number of aromatic nitrogens is 6. The Hall–Kier alpha value is -5.91. The van der Waals surface area contributed by atoms with Gasteiger partial charge in [0, 0.05) is 31.7 Å². The van der Waals surface area contributed by atoms with Crippen LogP contribution in [-0.4, -0.2) is 90.3 Å². The summed E-state index contributed by atoms with van der Waals surface area (Å²) >= 11 is 6.13. The number of halogens is 4. The highest BCUT2D eigenvalue weighted by molar-refractivity contribution is 6.33. The van der Waals surface area contributed by atoms with Crippen molar-refractivity contribution in [2.24, 2.45) is 0 Å². The minimum absolute atomic E-state index is 0.0378. The Morgan fingerprint density at radius 3 is 2.45 bits per heavy atom. The van der Waals surface area contributed by atoms with Crippen LogP contribution in [0.3, 0.4) is 0 Å². The summed E-state index contributed by atoms with van der Waals surface area (Å²) in [5.74, 6) is -0.237. The van der Waals surface area contributed by atoms with E-state index in [1.807, 2.05) is 0 Å². The normalized spacial score (nSPS) is 14.5. The molecule has 2 N–H and O–H groups in total. The first kappa shape index (κ1) is 35.5. The number of rotatable bonds is 7. The van der Waals surface area contributed by atoms with Crippen molar-refractivity contribution >= 4 is 40.6 Å². The van der Waals surface area contributed by atoms with Crippen LogP contribution in [0.4, 0.5) is 24.5 Å². The Bertz CT molecular complexity index is 2320. The Morgan fingerprint density at radius 1 is 1.02 bits per heavy atom. The van der Waals surface area contributed by atoms with Gasteiger partial charge in [0.15, 0.2) is 28.8 Å². The highest BCUT2D eigenvalue weighted by atomic mass is 35.5. The molecule has 0 aliphatic carbocycles. The van der Waals surface area contributed by atoms with E-state index < -0.39 is 35.7 Å². The molecule has 5 heterocycles. The van der Waals surface area contributed by atoms with E-state index in [4.69, 9.17) is 21.1 Å². The second kappa shape index (κ2) is 13.9. The molecule has 0 bridgehead atoms. The van der Waals surface area contributed by atoms with E-state index in [0.717, 1.165) is 22.7 Å². The monoisotopic (exact) mass is 753 g/mol. The van der Waals surface area contributed by atoms with Gasteiger partial charge in [-0.1, -0.05) is 18.5 Å². The highest BCUT2D eigenvalue weighted by Gasteiger charge is 2.32. The van der Waals surface area contributed by atoms with Crippen LogP contribution in [0.2, 0.25) is 5.02 Å². The summed E-state index contributed by atoms with van der Waals surface area (Å²) < 4.78 is 53.7. The number of fused-ring (bicyclic) bond motifs is 2. The van der Waals surface area contributed by atoms with Gasteiger partial charge in [-0.25, -0.2) is 9.97 Å². The second-order valence-corrected chi connectivity index (χ2v) is 12.6. The van der Waals surface area contributed by atoms with E-state index in [1.165, 1.54) is 15.8 Å². The molecule has 5 aromatic rings. The predicted octanol–water partition coefficient (Wildman–Crippen LogP) is 3.97. The third-order valence-corrected chi connectivity index (χ3v) is 9.24. The largest absolute Gasteiger partial charge is 0.504 e. The molecule has 2 aliphatic rings. The smallest absolute Gasteiger partial charge is 0.416 e. The Labute approximate surface area is 303 Å². The van der Waals surface area contributed by atoms with E-state index in [2.05, 4.69) is 25.4 Å². The maximum atomic E-state index is 14.3. The second-order valence-electron chi connectivity index (χ2n) is 12.2. The molecule has 15 nitrogen and oxygen atoms in total. The van der Waals surface area contributed by atoms with Crippen LogP contribution in [0.25, 0.3) is 17.2 Å². The number of aryl methyl sites for hydroxylation is 1. The van der Waals surface area contributed by atoms with Gasteiger partial charge in [0.1, 0.15) is 31.8 Å². The zero-order valence-corrected chi connectivity index (χ0v) is 29.0. The number of piperazine rings is 1. The standard InChI is InChI=1S/C34H31ClF3N9O6/c1-3-23-28(44-8-10-45(11-9-44)31(50)27-29(49)18(2)39-17-40-27)32(51)47-33(42-30(43-47)19-4-7-24-25(14-19)53-13-12-52-24)46(23)16-26(48)41-22-6-5-20(15-21(22)35)34(36,37)38/h4-7,14-15,17,49H,3,8-13,16H2,1-2H3,(H,41,48). The van der Waals surface area contributed by atoms with Gasteiger partial charge in [-0.15, -0.1) is 5.10 Å². The van der Waals surface area contributed by atoms with Crippen molar-refractivity contribution in [3.05, 3.63) is 80.7 Å². The molecule has 0 saturated carbocycles. The zero-order valence-electron chi connectivity index (χ0n) is 28.3. The number of hydrogen-bond donors (Lipinski definition) is 2. The number of carbonyl (C=O) groups is 2. The third kappa shape index (κ3) is 6.76. The van der Waals surface area contributed by atoms with Crippen LogP contribution < -0.4 is 25.2 Å². The van der Waals surface area contributed by atoms with Crippen molar-refractivity contribution in [1.82, 2.24) is 34.0 Å². The summed E-state index contributed by atoms with van der Waals surface area (Å²) in [6.07, 6.45) is -3.17. The average Bonchev–Trinajstić information content (AvgIpc) is 3.60. The Kier molecular flexibility index (Phi) is 9.31. The number of nitrogens with zero attached hydrogens (tertiary/aromatic N) is 8. The van der Waals surface area contributed by atoms with Crippen LogP contribution in [0.1, 0.15) is 34.4 Å². The lowest BCUT2D eigenvalue weighted by Crippen LogP contribution is -2.51. The number of hydrogen-bond acceptors (Lipinski definition) is 11. The molecule has 7 rings (SSSR count). The maximum absolute atomic E-state index is 14.3. The highest BCUT2D eigenvalue weighted by Crippen LogP contribution is 2.35. The number of alkyl halides is 3. The molecule has 53 heavy (non-hydrogen) atoms. The first-order valence-electron chi connectivity index (χ1n) is 16.5. The number of anilines is 2. The van der Waals surface area contributed by atoms with Crippen LogP contribution in [0.15, 0.2) is 47.5 Å². The molecule has 0 unspecified atom stereocenters. The number of nitrogens with one attached hydrogen (secondary N) is 1. The average molecular weight is 754 g/mol. The van der Waals surface area contributed by atoms with E-state index in [-0.39, 0.29) is 77.7 Å². The summed E-state index contributed by atoms with van der Waals surface area (Å²) in [7, 11) is 0. The summed E-state index contributed by atoms with van der Waals surface area (Å²) in [5.41, 5.74) is -0.216. The molecule has 2 amide bonds. The van der Waals surface area contributed by atoms with Crippen LogP contribution in [-0.2, 0) is 23.9 Å². The Balaban J connectivity index is 1.26. The van der Waals surface area contributed by atoms with Crippen molar-refractivity contribution in [2.75, 3.05) is 49.6 Å². The van der Waals surface area contributed by atoms with Crippen LogP contribution in [0.5, 0.6) is 17.2 Å². The van der Waals surface area contributed by atoms with E-state index in [1.54, 1.807) is 36.9 Å². The summed E-state index contributed by atoms with van der Waals surface area (Å²) in [6.45, 7) is 4.45. The van der Waals surface area contributed by atoms with Gasteiger partial charge in [0.2, 0.25) is 11.7 Å². The van der Waals surface area contributed by atoms with Gasteiger partial charge in [-0.2, -0.15) is 22.7 Å². The molecular weight excluding hydrogens is 723 g/mol. The fraction of sp³-hybridized carbons (Fsp3) is 0.324. The van der Waals surface area contributed by atoms with Crippen LogP contribution >= 0.6 is 11.6 Å². The lowest BCUT2D eigenvalue weighted by atomic mass is 10.2. The minimum Gasteiger partial charge on any atom is -0.504 e. The van der Waals surface area contributed by atoms with Crippen molar-refractivity contribution < 1.29 is 37.3 Å². The molecule has 1 saturated heterocycles. The van der Waals surface area contributed by atoms with E-state index >= 15 is 0 Å². The maximum Gasteiger partial charge on any atom is 0.416 e. The van der Waals surface area contributed by atoms with Crippen LogP contribution in [0, 0.1) is 6.92 Å². The number of ether oxygens (including phenoxy) is 2. The molecular formula is C34H31ClF3N9O6. The van der Waals surface area contributed by atoms with Crippen molar-refractivity contribution in [3.63, 3.8) is 0 Å². The summed E-state index contributed by atoms with van der Waals surface area (Å²) in [4.78, 5) is 57.0. The number of aromatic hydroxyl groups is 1. The fourth-order valence-corrected chi connectivity index (χ4v) is 6.49. The van der Waals surface area contributed by atoms with Crippen molar-refractivity contribution in [1.29, 1.82) is 0 Å². The van der Waals surface area contributed by atoms with E-state index in [0.29, 0.717) is 36.0 Å². The molecule has 2 aliphatic heterocycles. The summed E-state index contributed by atoms with van der Waals surface area (Å²) in [5, 5.41) is 17.2. The van der Waals surface area contributed by atoms with Crippen molar-refractivity contribution in [3.8, 4) is 28.6 Å². The third-order valence-electron chi connectivity index (χ3n) is 8.92. The lowest BCUT2D eigenvalue weighted by Gasteiger charge is -2.36. The van der Waals surface area contributed by atoms with Gasteiger partial charge in [-0.3, -0.25) is 14.4 Å². The molecule has 1 fully saturated rings. The molecule has 276 valence electrons. The van der Waals surface area contributed by atoms with Gasteiger partial charge in [0.25, 0.3) is 11.5 Å². The van der Waals surface area contributed by atoms with Gasteiger partial charge in [0.05, 0.1) is 27.7 Å². The predicted molar refractivity (Wildman–Crippen MR) is 185 cm³/mol. The quantitative estimate of drug-likeness (QED) is 0.247. The van der Waals surface area contributed by atoms with Crippen molar-refractivity contribution in [2.45, 2.75) is 33.0 Å². The molecule has 0 radical (unpaired) electrons. The molecule has 0 spiro atoms. The zero-order chi connectivity index (χ0) is 37.6. The summed E-state index contributed by atoms with van der Waals surface area (Å²) in [6, 6.07) is 7.70.